The van der Waals surface area contributed by atoms with Crippen LogP contribution in [0.4, 0.5) is 0 Å². The standard InChI is InChI=1S/C18H23N3O3/c1-12(2)9-15-18(11-19,21-15)17(23)20-14(16(22)24-3)10-13-7-5-4-6-8-13/h4-8,12,14-15,21H,9-10H2,1-3H3,(H,20,23)/t14-,15?,18?/m0/s1. The molecule has 1 aromatic carbocycles. The summed E-state index contributed by atoms with van der Waals surface area (Å²) < 4.78 is 4.79. The number of carbonyl (C=O) groups is 2. The average molecular weight is 329 g/mol. The second-order valence-corrected chi connectivity index (χ2v) is 6.49. The molecule has 128 valence electrons. The highest BCUT2D eigenvalue weighted by molar-refractivity contribution is 5.96. The minimum Gasteiger partial charge on any atom is -0.467 e. The fourth-order valence-corrected chi connectivity index (χ4v) is 2.78. The Labute approximate surface area is 142 Å². The zero-order valence-corrected chi connectivity index (χ0v) is 14.2. The van der Waals surface area contributed by atoms with Crippen LogP contribution in [0.2, 0.25) is 0 Å². The number of nitrogens with one attached hydrogen (secondary N) is 2. The molecule has 24 heavy (non-hydrogen) atoms. The summed E-state index contributed by atoms with van der Waals surface area (Å²) in [6.45, 7) is 4.07. The number of methoxy groups -OCH3 is 1. The van der Waals surface area contributed by atoms with Crippen LogP contribution >= 0.6 is 0 Å². The second kappa shape index (κ2) is 7.45. The Morgan fingerprint density at radius 3 is 2.58 bits per heavy atom. The maximum Gasteiger partial charge on any atom is 0.328 e. The number of nitriles is 1. The van der Waals surface area contributed by atoms with E-state index in [9.17, 15) is 14.9 Å². The number of rotatable bonds is 7. The first kappa shape index (κ1) is 18.0. The van der Waals surface area contributed by atoms with Crippen molar-refractivity contribution in [3.05, 3.63) is 35.9 Å². The Hall–Kier alpha value is -2.39. The minimum atomic E-state index is -1.24. The van der Waals surface area contributed by atoms with Gasteiger partial charge in [-0.25, -0.2) is 4.79 Å². The van der Waals surface area contributed by atoms with E-state index in [1.165, 1.54) is 7.11 Å². The van der Waals surface area contributed by atoms with Crippen molar-refractivity contribution in [2.45, 2.75) is 44.3 Å². The van der Waals surface area contributed by atoms with Gasteiger partial charge in [0.25, 0.3) is 5.91 Å². The van der Waals surface area contributed by atoms with Crippen molar-refractivity contribution in [3.63, 3.8) is 0 Å². The Morgan fingerprint density at radius 2 is 2.04 bits per heavy atom. The van der Waals surface area contributed by atoms with Crippen molar-refractivity contribution >= 4 is 11.9 Å². The van der Waals surface area contributed by atoms with Gasteiger partial charge in [0.05, 0.1) is 13.2 Å². The molecule has 2 unspecified atom stereocenters. The first-order valence-corrected chi connectivity index (χ1v) is 8.04. The largest absolute Gasteiger partial charge is 0.467 e. The highest BCUT2D eigenvalue weighted by Crippen LogP contribution is 2.31. The van der Waals surface area contributed by atoms with Gasteiger partial charge >= 0.3 is 5.97 Å². The third-order valence-corrected chi connectivity index (χ3v) is 4.16. The first-order chi connectivity index (χ1) is 11.4. The fraction of sp³-hybridized carbons (Fsp3) is 0.500. The van der Waals surface area contributed by atoms with E-state index >= 15 is 0 Å². The zero-order valence-electron chi connectivity index (χ0n) is 14.2. The van der Waals surface area contributed by atoms with Crippen molar-refractivity contribution in [2.75, 3.05) is 7.11 Å². The van der Waals surface area contributed by atoms with Crippen LogP contribution in [0.3, 0.4) is 0 Å². The van der Waals surface area contributed by atoms with E-state index in [0.29, 0.717) is 12.3 Å². The number of esters is 1. The van der Waals surface area contributed by atoms with Crippen LogP contribution < -0.4 is 10.6 Å². The quantitative estimate of drug-likeness (QED) is 0.577. The first-order valence-electron chi connectivity index (χ1n) is 8.04. The molecular formula is C18H23N3O3. The van der Waals surface area contributed by atoms with Gasteiger partial charge in [-0.2, -0.15) is 5.26 Å². The molecule has 1 amide bonds. The Bertz CT molecular complexity index is 639. The van der Waals surface area contributed by atoms with Crippen molar-refractivity contribution in [1.82, 2.24) is 10.6 Å². The van der Waals surface area contributed by atoms with Crippen molar-refractivity contribution in [2.24, 2.45) is 5.92 Å². The lowest BCUT2D eigenvalue weighted by Gasteiger charge is -2.18. The molecule has 2 rings (SSSR count). The van der Waals surface area contributed by atoms with Crippen LogP contribution in [0.15, 0.2) is 30.3 Å². The number of nitrogens with zero attached hydrogens (tertiary/aromatic N) is 1. The molecule has 2 N–H and O–H groups in total. The molecule has 0 bridgehead atoms. The predicted molar refractivity (Wildman–Crippen MR) is 88.8 cm³/mol. The lowest BCUT2D eigenvalue weighted by molar-refractivity contribution is -0.145. The highest BCUT2D eigenvalue weighted by atomic mass is 16.5. The van der Waals surface area contributed by atoms with E-state index in [-0.39, 0.29) is 6.04 Å². The molecule has 0 spiro atoms. The summed E-state index contributed by atoms with van der Waals surface area (Å²) in [4.78, 5) is 24.6. The molecule has 1 saturated heterocycles. The van der Waals surface area contributed by atoms with E-state index in [4.69, 9.17) is 4.74 Å². The third-order valence-electron chi connectivity index (χ3n) is 4.16. The van der Waals surface area contributed by atoms with Gasteiger partial charge in [0.2, 0.25) is 5.54 Å². The van der Waals surface area contributed by atoms with Crippen LogP contribution in [0.25, 0.3) is 0 Å². The number of hydrogen-bond donors (Lipinski definition) is 2. The van der Waals surface area contributed by atoms with E-state index in [0.717, 1.165) is 12.0 Å². The maximum atomic E-state index is 12.6. The molecule has 1 fully saturated rings. The number of hydrogen-bond acceptors (Lipinski definition) is 5. The van der Waals surface area contributed by atoms with Gasteiger partial charge in [0.1, 0.15) is 6.04 Å². The number of carbonyl (C=O) groups excluding carboxylic acids is 2. The molecule has 6 heteroatoms. The lowest BCUT2D eigenvalue weighted by atomic mass is 9.97. The van der Waals surface area contributed by atoms with Crippen molar-refractivity contribution < 1.29 is 14.3 Å². The summed E-state index contributed by atoms with van der Waals surface area (Å²) in [5, 5.41) is 15.1. The second-order valence-electron chi connectivity index (χ2n) is 6.49. The van der Waals surface area contributed by atoms with Crippen LogP contribution in [0, 0.1) is 17.2 Å². The summed E-state index contributed by atoms with van der Waals surface area (Å²) in [5.74, 6) is -0.630. The molecule has 1 aromatic rings. The van der Waals surface area contributed by atoms with Gasteiger partial charge in [-0.3, -0.25) is 10.1 Å². The summed E-state index contributed by atoms with van der Waals surface area (Å²) in [6, 6.07) is 10.4. The molecule has 0 aromatic heterocycles. The third kappa shape index (κ3) is 3.92. The van der Waals surface area contributed by atoms with E-state index in [1.807, 2.05) is 44.2 Å². The minimum absolute atomic E-state index is 0.183. The van der Waals surface area contributed by atoms with Crippen molar-refractivity contribution in [1.29, 1.82) is 5.26 Å². The van der Waals surface area contributed by atoms with Crippen LogP contribution in [0.5, 0.6) is 0 Å². The van der Waals surface area contributed by atoms with Crippen LogP contribution in [-0.2, 0) is 20.7 Å². The number of amides is 1. The molecule has 1 aliphatic heterocycles. The lowest BCUT2D eigenvalue weighted by Crippen LogP contribution is -2.49. The molecule has 0 saturated carbocycles. The van der Waals surface area contributed by atoms with Gasteiger partial charge in [-0.15, -0.1) is 0 Å². The molecule has 0 aliphatic carbocycles. The van der Waals surface area contributed by atoms with E-state index in [1.54, 1.807) is 0 Å². The number of benzene rings is 1. The Morgan fingerprint density at radius 1 is 1.38 bits per heavy atom. The summed E-state index contributed by atoms with van der Waals surface area (Å²) in [7, 11) is 1.28. The van der Waals surface area contributed by atoms with Gasteiger partial charge < -0.3 is 10.1 Å². The fourth-order valence-electron chi connectivity index (χ4n) is 2.78. The number of ether oxygens (including phenoxy) is 1. The molecule has 0 radical (unpaired) electrons. The smallest absolute Gasteiger partial charge is 0.328 e. The average Bonchev–Trinajstić information content (AvgIpc) is 3.27. The van der Waals surface area contributed by atoms with Crippen molar-refractivity contribution in [3.8, 4) is 6.07 Å². The summed E-state index contributed by atoms with van der Waals surface area (Å²) in [5.41, 5.74) is -0.338. The zero-order chi connectivity index (χ0) is 17.7. The summed E-state index contributed by atoms with van der Waals surface area (Å²) in [6.07, 6.45) is 1.04. The SMILES string of the molecule is COC(=O)[C@H](Cc1ccccc1)NC(=O)C1(C#N)NC1CC(C)C. The Kier molecular flexibility index (Phi) is 5.58. The predicted octanol–water partition coefficient (Wildman–Crippen LogP) is 1.17. The van der Waals surface area contributed by atoms with Crippen LogP contribution in [-0.4, -0.2) is 36.6 Å². The molecule has 1 heterocycles. The van der Waals surface area contributed by atoms with Crippen LogP contribution in [0.1, 0.15) is 25.8 Å². The monoisotopic (exact) mass is 329 g/mol. The van der Waals surface area contributed by atoms with Gasteiger partial charge in [-0.1, -0.05) is 44.2 Å². The highest BCUT2D eigenvalue weighted by Gasteiger charge is 2.61. The van der Waals surface area contributed by atoms with Gasteiger partial charge in [-0.05, 0) is 17.9 Å². The molecule has 6 nitrogen and oxygen atoms in total. The molecule has 3 atom stereocenters. The molecular weight excluding hydrogens is 306 g/mol. The van der Waals surface area contributed by atoms with E-state index in [2.05, 4.69) is 16.7 Å². The van der Waals surface area contributed by atoms with Gasteiger partial charge in [0, 0.05) is 12.5 Å². The normalized spacial score (nSPS) is 23.2. The topological polar surface area (TPSA) is 101 Å². The maximum absolute atomic E-state index is 12.6. The van der Waals surface area contributed by atoms with Gasteiger partial charge in [0.15, 0.2) is 0 Å². The van der Waals surface area contributed by atoms with E-state index < -0.39 is 23.5 Å². The Balaban J connectivity index is 2.08. The molecule has 1 aliphatic rings. The summed E-state index contributed by atoms with van der Waals surface area (Å²) >= 11 is 0.